The Morgan fingerprint density at radius 2 is 2.26 bits per heavy atom. The van der Waals surface area contributed by atoms with Crippen molar-refractivity contribution in [2.24, 2.45) is 0 Å². The smallest absolute Gasteiger partial charge is 0.231 e. The summed E-state index contributed by atoms with van der Waals surface area (Å²) in [6.07, 6.45) is 1.32. The fraction of sp³-hybridized carbons (Fsp3) is 0.429. The molecule has 0 aromatic heterocycles. The van der Waals surface area contributed by atoms with E-state index in [1.807, 2.05) is 18.2 Å². The summed E-state index contributed by atoms with van der Waals surface area (Å²) in [6, 6.07) is 5.95. The van der Waals surface area contributed by atoms with Gasteiger partial charge in [-0.05, 0) is 23.6 Å². The van der Waals surface area contributed by atoms with E-state index < -0.39 is 0 Å². The number of carbonyl (C=O) groups excluding carboxylic acids is 2. The van der Waals surface area contributed by atoms with Gasteiger partial charge in [0.2, 0.25) is 11.8 Å². The molecule has 0 fully saturated rings. The predicted molar refractivity (Wildman–Crippen MR) is 72.0 cm³/mol. The van der Waals surface area contributed by atoms with Crippen LogP contribution in [0.2, 0.25) is 0 Å². The van der Waals surface area contributed by atoms with Crippen LogP contribution in [0.25, 0.3) is 0 Å². The van der Waals surface area contributed by atoms with Crippen LogP contribution in [0.4, 0.5) is 5.69 Å². The second-order valence-electron chi connectivity index (χ2n) is 4.67. The maximum atomic E-state index is 11.6. The van der Waals surface area contributed by atoms with Crippen LogP contribution in [0.3, 0.4) is 0 Å². The first-order valence-corrected chi connectivity index (χ1v) is 6.37. The van der Waals surface area contributed by atoms with E-state index >= 15 is 0 Å². The highest BCUT2D eigenvalue weighted by atomic mass is 16.3. The predicted octanol–water partition coefficient (Wildman–Crippen LogP) is 0.247. The van der Waals surface area contributed by atoms with Gasteiger partial charge in [-0.15, -0.1) is 0 Å². The highest BCUT2D eigenvalue weighted by Gasteiger charge is 2.23. The molecule has 2 rings (SSSR count). The monoisotopic (exact) mass is 262 g/mol. The largest absolute Gasteiger partial charge is 0.396 e. The second kappa shape index (κ2) is 5.84. The van der Waals surface area contributed by atoms with Gasteiger partial charge in [0, 0.05) is 25.7 Å². The molecule has 0 aliphatic carbocycles. The van der Waals surface area contributed by atoms with Crippen molar-refractivity contribution < 1.29 is 14.7 Å². The molecular formula is C14H18N2O3. The summed E-state index contributed by atoms with van der Waals surface area (Å²) in [5.41, 5.74) is 3.12. The number of nitrogens with zero attached hydrogens (tertiary/aromatic N) is 1. The topological polar surface area (TPSA) is 69.6 Å². The molecule has 0 saturated heterocycles. The number of aliphatic hydroxyl groups excluding tert-OH is 1. The van der Waals surface area contributed by atoms with Crippen LogP contribution in [-0.4, -0.2) is 37.1 Å². The van der Waals surface area contributed by atoms with Gasteiger partial charge in [0.25, 0.3) is 0 Å². The zero-order valence-corrected chi connectivity index (χ0v) is 11.0. The fourth-order valence-corrected chi connectivity index (χ4v) is 2.22. The second-order valence-corrected chi connectivity index (χ2v) is 4.67. The molecule has 0 radical (unpaired) electrons. The Labute approximate surface area is 112 Å². The summed E-state index contributed by atoms with van der Waals surface area (Å²) in [7, 11) is 1.78. The van der Waals surface area contributed by atoms with Crippen LogP contribution in [0.1, 0.15) is 17.5 Å². The summed E-state index contributed by atoms with van der Waals surface area (Å²) < 4.78 is 0. The lowest BCUT2D eigenvalue weighted by Crippen LogP contribution is -2.26. The van der Waals surface area contributed by atoms with Gasteiger partial charge in [0.15, 0.2) is 0 Å². The van der Waals surface area contributed by atoms with E-state index in [0.29, 0.717) is 13.0 Å². The number of hydrogen-bond acceptors (Lipinski definition) is 3. The molecule has 0 unspecified atom stereocenters. The molecule has 0 atom stereocenters. The molecule has 1 heterocycles. The van der Waals surface area contributed by atoms with Gasteiger partial charge in [-0.2, -0.15) is 0 Å². The fourth-order valence-electron chi connectivity index (χ4n) is 2.22. The first-order valence-electron chi connectivity index (χ1n) is 6.37. The normalized spacial score (nSPS) is 13.6. The molecule has 1 aliphatic heterocycles. The number of fused-ring (bicyclic) bond motifs is 1. The Kier molecular flexibility index (Phi) is 4.16. The highest BCUT2D eigenvalue weighted by Crippen LogP contribution is 2.28. The molecule has 1 aromatic carbocycles. The third-order valence-corrected chi connectivity index (χ3v) is 3.30. The van der Waals surface area contributed by atoms with Crippen LogP contribution < -0.4 is 10.2 Å². The van der Waals surface area contributed by atoms with Crippen LogP contribution in [0.5, 0.6) is 0 Å². The first-order chi connectivity index (χ1) is 9.11. The molecular weight excluding hydrogens is 244 g/mol. The molecule has 1 aliphatic rings. The lowest BCUT2D eigenvalue weighted by atomic mass is 10.1. The number of hydrogen-bond donors (Lipinski definition) is 2. The third kappa shape index (κ3) is 3.12. The molecule has 2 N–H and O–H groups in total. The van der Waals surface area contributed by atoms with E-state index in [0.717, 1.165) is 23.2 Å². The molecule has 5 heteroatoms. The minimum atomic E-state index is -0.140. The van der Waals surface area contributed by atoms with Crippen LogP contribution in [0.15, 0.2) is 18.2 Å². The molecule has 5 nitrogen and oxygen atoms in total. The Morgan fingerprint density at radius 1 is 1.47 bits per heavy atom. The number of benzene rings is 1. The minimum Gasteiger partial charge on any atom is -0.396 e. The zero-order chi connectivity index (χ0) is 13.8. The van der Waals surface area contributed by atoms with Gasteiger partial charge in [0.1, 0.15) is 0 Å². The highest BCUT2D eigenvalue weighted by molar-refractivity contribution is 6.00. The molecule has 0 saturated carbocycles. The lowest BCUT2D eigenvalue weighted by molar-refractivity contribution is -0.121. The average Bonchev–Trinajstić information content (AvgIpc) is 2.65. The van der Waals surface area contributed by atoms with Gasteiger partial charge in [0.05, 0.1) is 13.0 Å². The standard InChI is InChI=1S/C14H18N2O3/c1-16-12-3-2-10(8-11(12)9-14(16)19)4-6-15-13(18)5-7-17/h2-3,8,17H,4-7,9H2,1H3,(H,15,18). The quantitative estimate of drug-likeness (QED) is 0.799. The maximum Gasteiger partial charge on any atom is 0.231 e. The molecule has 1 aromatic rings. The van der Waals surface area contributed by atoms with Crippen molar-refractivity contribution in [2.75, 3.05) is 25.1 Å². The van der Waals surface area contributed by atoms with Crippen molar-refractivity contribution in [3.05, 3.63) is 29.3 Å². The van der Waals surface area contributed by atoms with Crippen LogP contribution in [0, 0.1) is 0 Å². The number of aliphatic hydroxyl groups is 1. The van der Waals surface area contributed by atoms with Crippen molar-refractivity contribution in [1.29, 1.82) is 0 Å². The molecule has 0 bridgehead atoms. The van der Waals surface area contributed by atoms with E-state index in [9.17, 15) is 9.59 Å². The summed E-state index contributed by atoms with van der Waals surface area (Å²) in [6.45, 7) is 0.417. The Hall–Kier alpha value is -1.88. The van der Waals surface area contributed by atoms with Gasteiger partial charge >= 0.3 is 0 Å². The number of anilines is 1. The van der Waals surface area contributed by atoms with E-state index in [1.54, 1.807) is 11.9 Å². The first kappa shape index (κ1) is 13.5. The maximum absolute atomic E-state index is 11.6. The molecule has 19 heavy (non-hydrogen) atoms. The average molecular weight is 262 g/mol. The lowest BCUT2D eigenvalue weighted by Gasteiger charge is -2.10. The number of nitrogens with one attached hydrogen (secondary N) is 1. The number of amides is 2. The zero-order valence-electron chi connectivity index (χ0n) is 11.0. The van der Waals surface area contributed by atoms with Crippen molar-refractivity contribution >= 4 is 17.5 Å². The van der Waals surface area contributed by atoms with E-state index in [2.05, 4.69) is 5.32 Å². The minimum absolute atomic E-state index is 0.114. The number of rotatable bonds is 5. The van der Waals surface area contributed by atoms with Crippen molar-refractivity contribution in [3.63, 3.8) is 0 Å². The number of carbonyl (C=O) groups is 2. The van der Waals surface area contributed by atoms with Gasteiger partial charge in [-0.3, -0.25) is 9.59 Å². The van der Waals surface area contributed by atoms with Gasteiger partial charge in [-0.25, -0.2) is 0 Å². The Morgan fingerprint density at radius 3 is 3.00 bits per heavy atom. The molecule has 102 valence electrons. The van der Waals surface area contributed by atoms with E-state index in [1.165, 1.54) is 0 Å². The summed E-state index contributed by atoms with van der Waals surface area (Å²) in [4.78, 5) is 24.4. The van der Waals surface area contributed by atoms with E-state index in [4.69, 9.17) is 5.11 Å². The Bertz CT molecular complexity index is 499. The summed E-state index contributed by atoms with van der Waals surface area (Å²) in [5.74, 6) is -0.0260. The van der Waals surface area contributed by atoms with Crippen molar-refractivity contribution in [1.82, 2.24) is 5.32 Å². The SMILES string of the molecule is CN1C(=O)Cc2cc(CCNC(=O)CCO)ccc21. The summed E-state index contributed by atoms with van der Waals surface area (Å²) >= 11 is 0. The van der Waals surface area contributed by atoms with Crippen LogP contribution >= 0.6 is 0 Å². The summed E-state index contributed by atoms with van der Waals surface area (Å²) in [5, 5.41) is 11.4. The van der Waals surface area contributed by atoms with Crippen molar-refractivity contribution in [3.8, 4) is 0 Å². The molecule has 0 spiro atoms. The number of likely N-dealkylation sites (N-methyl/N-ethyl adjacent to an activating group) is 1. The third-order valence-electron chi connectivity index (χ3n) is 3.30. The molecule has 2 amide bonds. The Balaban J connectivity index is 1.91. The van der Waals surface area contributed by atoms with Gasteiger partial charge in [-0.1, -0.05) is 12.1 Å². The van der Waals surface area contributed by atoms with Crippen molar-refractivity contribution in [2.45, 2.75) is 19.3 Å². The van der Waals surface area contributed by atoms with Crippen LogP contribution in [-0.2, 0) is 22.4 Å². The van der Waals surface area contributed by atoms with Gasteiger partial charge < -0.3 is 15.3 Å². The van der Waals surface area contributed by atoms with E-state index in [-0.39, 0.29) is 24.8 Å².